The average molecular weight is 627 g/mol. The summed E-state index contributed by atoms with van der Waals surface area (Å²) in [6.45, 7) is -0.739. The van der Waals surface area contributed by atoms with E-state index in [9.17, 15) is 0 Å². The van der Waals surface area contributed by atoms with E-state index >= 15 is 0 Å². The number of benzene rings is 2. The molecule has 14 rings (SSSR count). The Balaban J connectivity index is 1.03. The van der Waals surface area contributed by atoms with Crippen molar-refractivity contribution in [2.75, 3.05) is 0 Å². The zero-order chi connectivity index (χ0) is 25.9. The summed E-state index contributed by atoms with van der Waals surface area (Å²) < 4.78 is 2.81. The van der Waals surface area contributed by atoms with Gasteiger partial charge in [-0.2, -0.15) is 0 Å². The number of hydrogen-bond acceptors (Lipinski definition) is 0. The molecule has 7 unspecified atom stereocenters. The standard InChI is InChI=1S/C31H40P3.C5H5.Fe/c1-24(34(27-18-10-4-11-19-27)28-20-12-5-13-21-28)31-29(32-25-14-6-2-7-15-25)22-23-30(31)33-26-16-8-3-9-17-26;1-2-4-5-3-1;/h2-3,6-9,14-17,22-24,27-28,32-33H,4-5,10-13,18-21H2,1H3;1-5H;. The predicted octanol–water partition coefficient (Wildman–Crippen LogP) is 10.1. The molecule has 0 aromatic heterocycles. The Kier molecular flexibility index (Phi) is 2.03. The maximum atomic E-state index is 3.05. The van der Waals surface area contributed by atoms with E-state index in [4.69, 9.17) is 0 Å². The molecular weight excluding hydrogens is 581 g/mol. The van der Waals surface area contributed by atoms with E-state index in [-0.39, 0.29) is 7.92 Å². The van der Waals surface area contributed by atoms with Gasteiger partial charge in [-0.3, -0.25) is 0 Å². The second kappa shape index (κ2) is 3.72. The fraction of sp³-hybridized carbons (Fsp3) is 0.667. The molecule has 8 atom stereocenters. The summed E-state index contributed by atoms with van der Waals surface area (Å²) in [7, 11) is 2.58. The first-order chi connectivity index (χ1) is 19.5. The Morgan fingerprint density at radius 2 is 1.02 bits per heavy atom. The van der Waals surface area contributed by atoms with Crippen LogP contribution in [-0.2, 0) is 6.51 Å². The van der Waals surface area contributed by atoms with Gasteiger partial charge in [0.25, 0.3) is 0 Å². The van der Waals surface area contributed by atoms with Gasteiger partial charge in [0.15, 0.2) is 0 Å². The quantitative estimate of drug-likeness (QED) is 0.202. The summed E-state index contributed by atoms with van der Waals surface area (Å²) in [6.07, 6.45) is 15.8. The van der Waals surface area contributed by atoms with E-state index in [1.165, 1.54) is 63.7 Å². The van der Waals surface area contributed by atoms with E-state index in [0.717, 1.165) is 29.4 Å². The van der Waals surface area contributed by atoms with Crippen molar-refractivity contribution in [3.8, 4) is 0 Å². The van der Waals surface area contributed by atoms with Crippen molar-refractivity contribution in [1.29, 1.82) is 0 Å². The summed E-state index contributed by atoms with van der Waals surface area (Å²) in [5.74, 6) is 0. The van der Waals surface area contributed by atoms with Crippen LogP contribution in [0.1, 0.15) is 71.1 Å². The summed E-state index contributed by atoms with van der Waals surface area (Å²) >= 11 is 0. The number of fused-ring (bicyclic) bond motifs is 10. The minimum atomic E-state index is -3.78. The second-order valence-corrected chi connectivity index (χ2v) is 48.8. The first kappa shape index (κ1) is 21.9. The van der Waals surface area contributed by atoms with Gasteiger partial charge < -0.3 is 0 Å². The maximum absolute atomic E-state index is 3.78. The van der Waals surface area contributed by atoms with E-state index < -0.39 is 6.51 Å². The van der Waals surface area contributed by atoms with Gasteiger partial charge in [-0.25, -0.2) is 0 Å². The normalized spacial score (nSPS) is 68.2. The van der Waals surface area contributed by atoms with Gasteiger partial charge in [-0.15, -0.1) is 0 Å². The van der Waals surface area contributed by atoms with Crippen LogP contribution in [0.2, 0.25) is 38.0 Å². The Hall–Kier alpha value is 0.249. The van der Waals surface area contributed by atoms with E-state index in [2.05, 4.69) is 67.6 Å². The van der Waals surface area contributed by atoms with Crippen LogP contribution in [0.4, 0.5) is 0 Å². The van der Waals surface area contributed by atoms with Crippen molar-refractivity contribution < 1.29 is 6.51 Å². The monoisotopic (exact) mass is 626 g/mol. The fourth-order valence-corrected chi connectivity index (χ4v) is 134. The molecule has 2 aromatic rings. The Morgan fingerprint density at radius 3 is 1.40 bits per heavy atom. The average Bonchev–Trinajstić information content (AvgIpc) is 3.96. The number of hydrogen-bond donors (Lipinski definition) is 0. The van der Waals surface area contributed by atoms with Crippen molar-refractivity contribution >= 4 is 35.7 Å². The van der Waals surface area contributed by atoms with E-state index in [1.807, 2.05) is 0 Å². The third kappa shape index (κ3) is 0.585. The Morgan fingerprint density at radius 1 is 0.625 bits per heavy atom. The van der Waals surface area contributed by atoms with Crippen LogP contribution in [0, 0.1) is 0 Å². The molecule has 0 nitrogen and oxygen atoms in total. The van der Waals surface area contributed by atoms with E-state index in [0.29, 0.717) is 0 Å². The molecule has 40 heavy (non-hydrogen) atoms. The molecule has 212 valence electrons. The molecule has 10 saturated heterocycles. The second-order valence-electron chi connectivity index (χ2n) is 18.6. The summed E-state index contributed by atoms with van der Waals surface area (Å²) in [6, 6.07) is 24.5. The van der Waals surface area contributed by atoms with Crippen molar-refractivity contribution in [2.45, 2.75) is 134 Å². The summed E-state index contributed by atoms with van der Waals surface area (Å²) in [4.78, 5) is 9.69. The van der Waals surface area contributed by atoms with Crippen LogP contribution < -0.4 is 10.6 Å². The van der Waals surface area contributed by atoms with Crippen LogP contribution in [0.15, 0.2) is 60.7 Å². The minimum absolute atomic E-state index is 0.167. The van der Waals surface area contributed by atoms with Gasteiger partial charge in [-0.1, -0.05) is 0 Å². The third-order valence-corrected chi connectivity index (χ3v) is 82.2. The molecule has 0 amide bonds. The van der Waals surface area contributed by atoms with Crippen molar-refractivity contribution in [3.05, 3.63) is 60.7 Å². The molecule has 0 bridgehead atoms. The van der Waals surface area contributed by atoms with Crippen LogP contribution in [0.25, 0.3) is 0 Å². The van der Waals surface area contributed by atoms with Crippen LogP contribution in [0.5, 0.6) is 0 Å². The molecule has 2 aromatic carbocycles. The first-order valence-corrected chi connectivity index (χ1v) is 26.8. The topological polar surface area (TPSA) is 0 Å². The Bertz CT molecular complexity index is 1800. The molecule has 12 aliphatic rings. The van der Waals surface area contributed by atoms with Crippen LogP contribution >= 0.6 is 25.1 Å². The molecule has 2 aliphatic carbocycles. The predicted molar refractivity (Wildman–Crippen MR) is 173 cm³/mol. The molecule has 4 heteroatoms. The van der Waals surface area contributed by atoms with Gasteiger partial charge in [-0.05, 0) is 0 Å². The van der Waals surface area contributed by atoms with Crippen LogP contribution in [-0.4, -0.2) is 25.1 Å². The van der Waals surface area contributed by atoms with Crippen molar-refractivity contribution in [3.63, 3.8) is 0 Å². The van der Waals surface area contributed by atoms with Gasteiger partial charge in [0.2, 0.25) is 0 Å². The molecule has 12 fully saturated rings. The molecule has 10 aliphatic heterocycles. The summed E-state index contributed by atoms with van der Waals surface area (Å²) in [5, 5.41) is 3.58. The fourth-order valence-electron chi connectivity index (χ4n) is 24.4. The van der Waals surface area contributed by atoms with Crippen molar-refractivity contribution in [2.24, 2.45) is 0 Å². The van der Waals surface area contributed by atoms with Gasteiger partial charge >= 0.3 is 237 Å². The van der Waals surface area contributed by atoms with E-state index in [1.54, 1.807) is 62.0 Å². The van der Waals surface area contributed by atoms with Gasteiger partial charge in [0.05, 0.1) is 0 Å². The molecule has 0 N–H and O–H groups in total. The third-order valence-electron chi connectivity index (χ3n) is 22.4. The molecular formula is C36H45FeP3. The van der Waals surface area contributed by atoms with Crippen molar-refractivity contribution in [1.82, 2.24) is 0 Å². The zero-order valence-electron chi connectivity index (χ0n) is 23.9. The Labute approximate surface area is 236 Å². The summed E-state index contributed by atoms with van der Waals surface area (Å²) in [5.41, 5.74) is 3.40. The zero-order valence-corrected chi connectivity index (χ0v) is 27.9. The van der Waals surface area contributed by atoms with Gasteiger partial charge in [0, 0.05) is 0 Å². The number of rotatable bonds is 8. The molecule has 1 spiro atoms. The first-order valence-electron chi connectivity index (χ1n) is 17.1. The van der Waals surface area contributed by atoms with Crippen LogP contribution in [0.3, 0.4) is 0 Å². The van der Waals surface area contributed by atoms with Gasteiger partial charge in [0.1, 0.15) is 0 Å². The molecule has 2 saturated carbocycles. The SMILES string of the molecule is CC(P(C1CCCCC1)C1CCCCC1)[C]12[C]3(Pc4ccccc4)[CH]4[CH]5[C@]1(Pc1ccccc1)[Fe]45321678[CH]2[CH]1[CH]6[CH]7[CH]28. The molecule has 0 radical (unpaired) electrons. The molecule has 10 heterocycles.